The molecule has 92 valence electrons. The van der Waals surface area contributed by atoms with Crippen molar-refractivity contribution in [2.45, 2.75) is 0 Å². The number of carbonyl (C=O) groups excluding carboxylic acids is 2. The number of nitrogen functional groups attached to an aromatic ring is 1. The van der Waals surface area contributed by atoms with E-state index < -0.39 is 11.8 Å². The fourth-order valence-corrected chi connectivity index (χ4v) is 1.55. The minimum atomic E-state index is -0.624. The fraction of sp³-hybridized carbons (Fsp3) is 0.222. The van der Waals surface area contributed by atoms with Gasteiger partial charge in [-0.25, -0.2) is 4.98 Å². The standard InChI is InChI=1S/C9H12ClN5O2/c10-6-1-5(11)2-14-9(6)15(3-7(12)16)4-8(13)17/h1-2H,3-4,11H2,(H2,12,16)(H2,13,17). The van der Waals surface area contributed by atoms with Crippen molar-refractivity contribution >= 4 is 34.9 Å². The molecule has 0 fully saturated rings. The van der Waals surface area contributed by atoms with Crippen molar-refractivity contribution in [2.75, 3.05) is 23.7 Å². The van der Waals surface area contributed by atoms with Gasteiger partial charge in [0, 0.05) is 0 Å². The quantitative estimate of drug-likeness (QED) is 0.629. The smallest absolute Gasteiger partial charge is 0.237 e. The van der Waals surface area contributed by atoms with Crippen molar-refractivity contribution in [1.82, 2.24) is 4.98 Å². The lowest BCUT2D eigenvalue weighted by Crippen LogP contribution is -2.40. The van der Waals surface area contributed by atoms with Crippen molar-refractivity contribution in [2.24, 2.45) is 11.5 Å². The summed E-state index contributed by atoms with van der Waals surface area (Å²) in [5.74, 6) is -1.01. The number of carbonyl (C=O) groups is 2. The zero-order valence-electron chi connectivity index (χ0n) is 8.89. The Bertz CT molecular complexity index is 435. The van der Waals surface area contributed by atoms with Gasteiger partial charge in [0.15, 0.2) is 0 Å². The van der Waals surface area contributed by atoms with Crippen molar-refractivity contribution in [3.8, 4) is 0 Å². The molecule has 0 aliphatic heterocycles. The molecule has 0 atom stereocenters. The summed E-state index contributed by atoms with van der Waals surface area (Å²) < 4.78 is 0. The predicted molar refractivity (Wildman–Crippen MR) is 64.3 cm³/mol. The predicted octanol–water partition coefficient (Wildman–Crippen LogP) is -0.906. The van der Waals surface area contributed by atoms with Crippen molar-refractivity contribution < 1.29 is 9.59 Å². The molecule has 8 heteroatoms. The maximum absolute atomic E-state index is 10.9. The van der Waals surface area contributed by atoms with Gasteiger partial charge >= 0.3 is 0 Å². The summed E-state index contributed by atoms with van der Waals surface area (Å²) in [7, 11) is 0. The van der Waals surface area contributed by atoms with Gasteiger partial charge in [0.05, 0.1) is 30.0 Å². The van der Waals surface area contributed by atoms with Gasteiger partial charge in [-0.2, -0.15) is 0 Å². The molecule has 1 rings (SSSR count). The molecule has 0 spiro atoms. The molecule has 0 radical (unpaired) electrons. The Morgan fingerprint density at radius 1 is 1.29 bits per heavy atom. The number of primary amides is 2. The van der Waals surface area contributed by atoms with Gasteiger partial charge < -0.3 is 22.1 Å². The summed E-state index contributed by atoms with van der Waals surface area (Å²) in [6.07, 6.45) is 1.36. The first-order valence-electron chi connectivity index (χ1n) is 4.62. The molecule has 1 aromatic rings. The van der Waals surface area contributed by atoms with Gasteiger partial charge in [-0.1, -0.05) is 11.6 Å². The summed E-state index contributed by atoms with van der Waals surface area (Å²) in [4.78, 5) is 27.0. The molecule has 17 heavy (non-hydrogen) atoms. The van der Waals surface area contributed by atoms with E-state index in [1.165, 1.54) is 17.2 Å². The third-order valence-corrected chi connectivity index (χ3v) is 2.11. The van der Waals surface area contributed by atoms with Crippen LogP contribution in [0.2, 0.25) is 5.02 Å². The number of nitrogens with two attached hydrogens (primary N) is 3. The maximum atomic E-state index is 10.9. The van der Waals surface area contributed by atoms with Crippen LogP contribution in [0.1, 0.15) is 0 Å². The number of pyridine rings is 1. The highest BCUT2D eigenvalue weighted by Crippen LogP contribution is 2.24. The van der Waals surface area contributed by atoms with Crippen molar-refractivity contribution in [3.63, 3.8) is 0 Å². The first-order chi connectivity index (χ1) is 7.90. The lowest BCUT2D eigenvalue weighted by Gasteiger charge is -2.21. The molecule has 0 aliphatic rings. The Morgan fingerprint density at radius 2 is 1.82 bits per heavy atom. The van der Waals surface area contributed by atoms with Gasteiger partial charge in [0.2, 0.25) is 11.8 Å². The number of hydrogen-bond donors (Lipinski definition) is 3. The van der Waals surface area contributed by atoms with Crippen LogP contribution in [0.3, 0.4) is 0 Å². The number of aromatic nitrogens is 1. The second kappa shape index (κ2) is 5.35. The SMILES string of the molecule is NC(=O)CN(CC(N)=O)c1ncc(N)cc1Cl. The van der Waals surface area contributed by atoms with E-state index >= 15 is 0 Å². The Morgan fingerprint density at radius 3 is 2.24 bits per heavy atom. The van der Waals surface area contributed by atoms with Crippen LogP contribution in [0.25, 0.3) is 0 Å². The van der Waals surface area contributed by atoms with E-state index in [9.17, 15) is 9.59 Å². The molecule has 0 unspecified atom stereocenters. The molecule has 0 saturated heterocycles. The van der Waals surface area contributed by atoms with E-state index in [0.717, 1.165) is 0 Å². The number of rotatable bonds is 5. The molecular weight excluding hydrogens is 246 g/mol. The van der Waals surface area contributed by atoms with Crippen LogP contribution < -0.4 is 22.1 Å². The molecule has 1 aromatic heterocycles. The van der Waals surface area contributed by atoms with Crippen LogP contribution in [0.15, 0.2) is 12.3 Å². The van der Waals surface area contributed by atoms with Crippen molar-refractivity contribution in [3.05, 3.63) is 17.3 Å². The normalized spacial score (nSPS) is 9.94. The number of amides is 2. The van der Waals surface area contributed by atoms with Crippen LogP contribution in [-0.4, -0.2) is 29.9 Å². The molecule has 1 heterocycles. The van der Waals surface area contributed by atoms with Crippen LogP contribution in [0, 0.1) is 0 Å². The lowest BCUT2D eigenvalue weighted by atomic mass is 10.3. The topological polar surface area (TPSA) is 128 Å². The molecule has 0 bridgehead atoms. The average molecular weight is 258 g/mol. The van der Waals surface area contributed by atoms with Crippen LogP contribution in [0.4, 0.5) is 11.5 Å². The number of nitrogens with zero attached hydrogens (tertiary/aromatic N) is 2. The monoisotopic (exact) mass is 257 g/mol. The molecule has 7 nitrogen and oxygen atoms in total. The Labute approximate surface area is 103 Å². The second-order valence-electron chi connectivity index (χ2n) is 3.36. The van der Waals surface area contributed by atoms with Crippen LogP contribution >= 0.6 is 11.6 Å². The zero-order chi connectivity index (χ0) is 13.0. The minimum Gasteiger partial charge on any atom is -0.397 e. The molecule has 6 N–H and O–H groups in total. The van der Waals surface area contributed by atoms with Gasteiger partial charge in [-0.05, 0) is 6.07 Å². The van der Waals surface area contributed by atoms with E-state index in [-0.39, 0.29) is 23.9 Å². The third kappa shape index (κ3) is 3.80. The second-order valence-corrected chi connectivity index (χ2v) is 3.77. The molecule has 2 amide bonds. The van der Waals surface area contributed by atoms with Gasteiger partial charge in [-0.3, -0.25) is 9.59 Å². The van der Waals surface area contributed by atoms with E-state index in [2.05, 4.69) is 4.98 Å². The summed E-state index contributed by atoms with van der Waals surface area (Å²) in [6.45, 7) is -0.418. The van der Waals surface area contributed by atoms with Gasteiger partial charge in [0.1, 0.15) is 5.82 Å². The van der Waals surface area contributed by atoms with E-state index in [4.69, 9.17) is 28.8 Å². The Hall–Kier alpha value is -2.02. The minimum absolute atomic E-state index is 0.209. The summed E-state index contributed by atoms with van der Waals surface area (Å²) in [6, 6.07) is 1.46. The summed E-state index contributed by atoms with van der Waals surface area (Å²) in [5.41, 5.74) is 16.0. The zero-order valence-corrected chi connectivity index (χ0v) is 9.65. The molecular formula is C9H12ClN5O2. The average Bonchev–Trinajstić information content (AvgIpc) is 2.14. The number of hydrogen-bond acceptors (Lipinski definition) is 5. The molecule has 0 aromatic carbocycles. The largest absolute Gasteiger partial charge is 0.397 e. The molecule has 0 aliphatic carbocycles. The first-order valence-corrected chi connectivity index (χ1v) is 5.00. The van der Waals surface area contributed by atoms with Gasteiger partial charge in [-0.15, -0.1) is 0 Å². The fourth-order valence-electron chi connectivity index (χ4n) is 1.26. The highest BCUT2D eigenvalue weighted by atomic mass is 35.5. The Kier molecular flexibility index (Phi) is 4.11. The van der Waals surface area contributed by atoms with E-state index in [0.29, 0.717) is 5.69 Å². The first kappa shape index (κ1) is 13.0. The third-order valence-electron chi connectivity index (χ3n) is 1.84. The summed E-state index contributed by atoms with van der Waals surface area (Å²) in [5, 5.41) is 0.215. The number of anilines is 2. The van der Waals surface area contributed by atoms with Crippen LogP contribution in [-0.2, 0) is 9.59 Å². The van der Waals surface area contributed by atoms with E-state index in [1.54, 1.807) is 0 Å². The van der Waals surface area contributed by atoms with Crippen LogP contribution in [0.5, 0.6) is 0 Å². The maximum Gasteiger partial charge on any atom is 0.237 e. The highest BCUT2D eigenvalue weighted by Gasteiger charge is 2.16. The number of halogens is 1. The van der Waals surface area contributed by atoms with Crippen molar-refractivity contribution in [1.29, 1.82) is 0 Å². The Balaban J connectivity index is 3.02. The molecule has 0 saturated carbocycles. The van der Waals surface area contributed by atoms with Gasteiger partial charge in [0.25, 0.3) is 0 Å². The highest BCUT2D eigenvalue weighted by molar-refractivity contribution is 6.33. The lowest BCUT2D eigenvalue weighted by molar-refractivity contribution is -0.117. The van der Waals surface area contributed by atoms with E-state index in [1.807, 2.05) is 0 Å². The summed E-state index contributed by atoms with van der Waals surface area (Å²) >= 11 is 5.90.